The van der Waals surface area contributed by atoms with Crippen molar-refractivity contribution in [3.05, 3.63) is 68.3 Å². The summed E-state index contributed by atoms with van der Waals surface area (Å²) in [6, 6.07) is 15.8. The molecule has 0 saturated heterocycles. The fourth-order valence-electron chi connectivity index (χ4n) is 2.42. The summed E-state index contributed by atoms with van der Waals surface area (Å²) in [6.45, 7) is 0. The van der Waals surface area contributed by atoms with E-state index >= 15 is 0 Å². The highest BCUT2D eigenvalue weighted by Gasteiger charge is 2.43. The number of ketones is 1. The van der Waals surface area contributed by atoms with Crippen LogP contribution in [0.5, 0.6) is 0 Å². The number of rotatable bonds is 3. The van der Waals surface area contributed by atoms with Gasteiger partial charge in [-0.2, -0.15) is 0 Å². The molecule has 1 nitrogen and oxygen atoms in total. The Morgan fingerprint density at radius 3 is 2.58 bits per heavy atom. The molecule has 2 aromatic rings. The molecular formula is C16H12ClIO. The van der Waals surface area contributed by atoms with Crippen LogP contribution in [0.25, 0.3) is 0 Å². The second kappa shape index (κ2) is 5.25. The van der Waals surface area contributed by atoms with Gasteiger partial charge in [-0.15, -0.1) is 0 Å². The van der Waals surface area contributed by atoms with Crippen LogP contribution in [-0.2, 0) is 0 Å². The minimum atomic E-state index is 0.124. The molecule has 1 saturated carbocycles. The first-order valence-corrected chi connectivity index (χ1v) is 7.66. The predicted octanol–water partition coefficient (Wildman–Crippen LogP) is 4.93. The van der Waals surface area contributed by atoms with Crippen molar-refractivity contribution in [1.82, 2.24) is 0 Å². The summed E-state index contributed by atoms with van der Waals surface area (Å²) >= 11 is 8.24. The summed E-state index contributed by atoms with van der Waals surface area (Å²) in [4.78, 5) is 12.4. The van der Waals surface area contributed by atoms with E-state index in [4.69, 9.17) is 11.6 Å². The molecule has 2 atom stereocenters. The highest BCUT2D eigenvalue weighted by molar-refractivity contribution is 14.1. The minimum absolute atomic E-state index is 0.124. The molecule has 2 aromatic carbocycles. The van der Waals surface area contributed by atoms with Crippen LogP contribution in [0.15, 0.2) is 48.5 Å². The first-order valence-electron chi connectivity index (χ1n) is 6.21. The number of carbonyl (C=O) groups excluding carboxylic acids is 1. The van der Waals surface area contributed by atoms with Gasteiger partial charge in [-0.05, 0) is 52.6 Å². The van der Waals surface area contributed by atoms with Crippen LogP contribution in [0.3, 0.4) is 0 Å². The highest BCUT2D eigenvalue weighted by atomic mass is 127. The summed E-state index contributed by atoms with van der Waals surface area (Å²) in [7, 11) is 0. The van der Waals surface area contributed by atoms with E-state index in [2.05, 4.69) is 34.7 Å². The van der Waals surface area contributed by atoms with Gasteiger partial charge in [0.25, 0.3) is 0 Å². The van der Waals surface area contributed by atoms with Crippen molar-refractivity contribution >= 4 is 40.0 Å². The van der Waals surface area contributed by atoms with Gasteiger partial charge in [-0.1, -0.05) is 48.0 Å². The Hall–Kier alpha value is -0.870. The van der Waals surface area contributed by atoms with E-state index in [0.29, 0.717) is 10.9 Å². The predicted molar refractivity (Wildman–Crippen MR) is 85.8 cm³/mol. The molecule has 0 bridgehead atoms. The van der Waals surface area contributed by atoms with E-state index < -0.39 is 0 Å². The molecule has 3 rings (SSSR count). The fourth-order valence-corrected chi connectivity index (χ4v) is 2.93. The van der Waals surface area contributed by atoms with E-state index in [-0.39, 0.29) is 11.7 Å². The number of benzene rings is 2. The highest BCUT2D eigenvalue weighted by Crippen LogP contribution is 2.49. The maximum absolute atomic E-state index is 12.4. The molecule has 3 heteroatoms. The maximum atomic E-state index is 12.4. The molecule has 0 N–H and O–H groups in total. The Morgan fingerprint density at radius 1 is 1.16 bits per heavy atom. The Balaban J connectivity index is 1.78. The fraction of sp³-hybridized carbons (Fsp3) is 0.188. The van der Waals surface area contributed by atoms with E-state index in [9.17, 15) is 4.79 Å². The van der Waals surface area contributed by atoms with Crippen molar-refractivity contribution in [2.75, 3.05) is 0 Å². The van der Waals surface area contributed by atoms with Crippen LogP contribution in [-0.4, -0.2) is 5.78 Å². The molecule has 0 aromatic heterocycles. The van der Waals surface area contributed by atoms with Gasteiger partial charge in [-0.25, -0.2) is 0 Å². The third-order valence-electron chi connectivity index (χ3n) is 3.56. The average Bonchev–Trinajstić information content (AvgIpc) is 3.22. The van der Waals surface area contributed by atoms with Crippen molar-refractivity contribution in [1.29, 1.82) is 0 Å². The molecule has 0 spiro atoms. The lowest BCUT2D eigenvalue weighted by molar-refractivity contribution is 0.0965. The lowest BCUT2D eigenvalue weighted by Gasteiger charge is -2.03. The lowest BCUT2D eigenvalue weighted by atomic mass is 10.0. The third-order valence-corrected chi connectivity index (χ3v) is 5.13. The average molecular weight is 383 g/mol. The largest absolute Gasteiger partial charge is 0.294 e. The van der Waals surface area contributed by atoms with Gasteiger partial charge < -0.3 is 0 Å². The lowest BCUT2D eigenvalue weighted by Crippen LogP contribution is -2.03. The molecule has 0 amide bonds. The van der Waals surface area contributed by atoms with Crippen LogP contribution < -0.4 is 0 Å². The Labute approximate surface area is 131 Å². The molecule has 0 radical (unpaired) electrons. The first-order chi connectivity index (χ1) is 9.16. The Morgan fingerprint density at radius 2 is 1.89 bits per heavy atom. The molecule has 1 fully saturated rings. The molecule has 19 heavy (non-hydrogen) atoms. The topological polar surface area (TPSA) is 17.1 Å². The second-order valence-corrected chi connectivity index (χ2v) is 6.42. The molecular weight excluding hydrogens is 371 g/mol. The standard InChI is InChI=1S/C16H12ClIO/c17-14-8-11(6-7-15(14)18)16(19)13-9-12(13)10-4-2-1-3-5-10/h1-8,12-13H,9H2. The normalized spacial score (nSPS) is 21.2. The van der Waals surface area contributed by atoms with Crippen molar-refractivity contribution in [2.24, 2.45) is 5.92 Å². The number of hydrogen-bond acceptors (Lipinski definition) is 1. The van der Waals surface area contributed by atoms with E-state index in [1.165, 1.54) is 5.56 Å². The summed E-state index contributed by atoms with van der Waals surface area (Å²) in [5.74, 6) is 0.720. The van der Waals surface area contributed by atoms with E-state index in [1.807, 2.05) is 30.3 Å². The zero-order valence-corrected chi connectivity index (χ0v) is 13.1. The zero-order chi connectivity index (χ0) is 13.4. The number of hydrogen-bond donors (Lipinski definition) is 0. The van der Waals surface area contributed by atoms with Crippen LogP contribution in [0, 0.1) is 9.49 Å². The van der Waals surface area contributed by atoms with Gasteiger partial charge in [-0.3, -0.25) is 4.79 Å². The van der Waals surface area contributed by atoms with Gasteiger partial charge in [0.15, 0.2) is 5.78 Å². The van der Waals surface area contributed by atoms with Gasteiger partial charge in [0.2, 0.25) is 0 Å². The minimum Gasteiger partial charge on any atom is -0.294 e. The quantitative estimate of drug-likeness (QED) is 0.543. The smallest absolute Gasteiger partial charge is 0.166 e. The number of Topliss-reactive ketones (excluding diaryl/α,β-unsaturated/α-hetero) is 1. The SMILES string of the molecule is O=C(c1ccc(I)c(Cl)c1)C1CC1c1ccccc1. The second-order valence-electron chi connectivity index (χ2n) is 4.85. The van der Waals surface area contributed by atoms with Crippen LogP contribution in [0.2, 0.25) is 5.02 Å². The van der Waals surface area contributed by atoms with Gasteiger partial charge in [0, 0.05) is 15.1 Å². The van der Waals surface area contributed by atoms with Gasteiger partial charge in [0.1, 0.15) is 0 Å². The monoisotopic (exact) mass is 382 g/mol. The number of carbonyl (C=O) groups is 1. The Kier molecular flexibility index (Phi) is 3.63. The van der Waals surface area contributed by atoms with Crippen LogP contribution in [0.1, 0.15) is 28.3 Å². The summed E-state index contributed by atoms with van der Waals surface area (Å²) in [6.07, 6.45) is 0.951. The molecule has 0 aliphatic heterocycles. The molecule has 96 valence electrons. The summed E-state index contributed by atoms with van der Waals surface area (Å²) < 4.78 is 0.978. The van der Waals surface area contributed by atoms with E-state index in [1.54, 1.807) is 6.07 Å². The van der Waals surface area contributed by atoms with Gasteiger partial charge in [0.05, 0.1) is 5.02 Å². The summed E-state index contributed by atoms with van der Waals surface area (Å²) in [5.41, 5.74) is 1.99. The zero-order valence-electron chi connectivity index (χ0n) is 10.1. The molecule has 1 aliphatic rings. The molecule has 2 unspecified atom stereocenters. The van der Waals surface area contributed by atoms with Crippen molar-refractivity contribution in [3.8, 4) is 0 Å². The third kappa shape index (κ3) is 2.70. The number of halogens is 2. The van der Waals surface area contributed by atoms with Crippen LogP contribution in [0.4, 0.5) is 0 Å². The Bertz CT molecular complexity index is 624. The van der Waals surface area contributed by atoms with Crippen molar-refractivity contribution in [2.45, 2.75) is 12.3 Å². The maximum Gasteiger partial charge on any atom is 0.166 e. The van der Waals surface area contributed by atoms with Crippen molar-refractivity contribution < 1.29 is 4.79 Å². The summed E-state index contributed by atoms with van der Waals surface area (Å²) in [5, 5.41) is 0.656. The van der Waals surface area contributed by atoms with Crippen molar-refractivity contribution in [3.63, 3.8) is 0 Å². The van der Waals surface area contributed by atoms with E-state index in [0.717, 1.165) is 15.6 Å². The van der Waals surface area contributed by atoms with Gasteiger partial charge >= 0.3 is 0 Å². The molecule has 0 heterocycles. The first kappa shape index (κ1) is 13.1. The molecule has 1 aliphatic carbocycles. The van der Waals surface area contributed by atoms with Crippen LogP contribution >= 0.6 is 34.2 Å².